The number of hydrogen-bond donors (Lipinski definition) is 2. The summed E-state index contributed by atoms with van der Waals surface area (Å²) in [5.41, 5.74) is 0.163. The van der Waals surface area contributed by atoms with Crippen LogP contribution in [-0.4, -0.2) is 34.6 Å². The maximum atomic E-state index is 12.3. The van der Waals surface area contributed by atoms with Gasteiger partial charge in [-0.1, -0.05) is 38.1 Å². The third kappa shape index (κ3) is 3.74. The Morgan fingerprint density at radius 1 is 1.28 bits per heavy atom. The van der Waals surface area contributed by atoms with Crippen molar-refractivity contribution >= 4 is 30.1 Å². The molecule has 0 aliphatic carbocycles. The summed E-state index contributed by atoms with van der Waals surface area (Å²) in [6.07, 6.45) is 6.86. The summed E-state index contributed by atoms with van der Waals surface area (Å²) < 4.78 is 0. The Kier molecular flexibility index (Phi) is 5.32. The van der Waals surface area contributed by atoms with Crippen molar-refractivity contribution in [2.75, 3.05) is 0 Å². The number of benzene rings is 1. The van der Waals surface area contributed by atoms with Gasteiger partial charge in [0.2, 0.25) is 0 Å². The number of aldehydes is 1. The summed E-state index contributed by atoms with van der Waals surface area (Å²) in [7, 11) is 0. The van der Waals surface area contributed by atoms with Crippen molar-refractivity contribution in [2.45, 2.75) is 26.3 Å². The Bertz CT molecular complexity index is 806. The van der Waals surface area contributed by atoms with Gasteiger partial charge in [-0.2, -0.15) is 0 Å². The molecule has 0 saturated carbocycles. The molecule has 1 aromatic carbocycles. The number of carbonyl (C=O) groups is 3. The van der Waals surface area contributed by atoms with Crippen LogP contribution in [0.25, 0.3) is 6.08 Å². The predicted octanol–water partition coefficient (Wildman–Crippen LogP) is 2.44. The van der Waals surface area contributed by atoms with Crippen molar-refractivity contribution in [1.29, 1.82) is 0 Å². The number of amides is 1. The van der Waals surface area contributed by atoms with Crippen molar-refractivity contribution in [2.24, 2.45) is 10.9 Å². The highest BCUT2D eigenvalue weighted by atomic mass is 16.4. The fraction of sp³-hybridized carbons (Fsp3) is 0.263. The maximum absolute atomic E-state index is 12.3. The van der Waals surface area contributed by atoms with Crippen LogP contribution in [0.3, 0.4) is 0 Å². The van der Waals surface area contributed by atoms with Gasteiger partial charge in [-0.3, -0.25) is 14.6 Å². The second-order valence-electron chi connectivity index (χ2n) is 6.21. The van der Waals surface area contributed by atoms with Gasteiger partial charge in [-0.25, -0.2) is 4.79 Å². The second-order valence-corrected chi connectivity index (χ2v) is 6.21. The fourth-order valence-electron chi connectivity index (χ4n) is 2.39. The molecular weight excluding hydrogens is 320 g/mol. The third-order valence-corrected chi connectivity index (χ3v) is 4.28. The number of rotatable bonds is 6. The lowest BCUT2D eigenvalue weighted by Crippen LogP contribution is -2.41. The summed E-state index contributed by atoms with van der Waals surface area (Å²) in [4.78, 5) is 38.6. The highest BCUT2D eigenvalue weighted by Crippen LogP contribution is 2.28. The molecule has 1 aromatic rings. The first kappa shape index (κ1) is 18.3. The standard InChI is InChI=1S/C19H20N2O4/c1-12(2)19(3)18(25)20-16(21-19)14-9-8-13(7-5-4-6-10-22)11-15(14)17(23)24/h4-12H,1-3H3,(H,23,24)(H,20,21,25). The SMILES string of the molecule is CC(C)C1(C)N=C(c2ccc(C=CC=CC=O)cc2C(=O)O)NC1=O. The zero-order chi connectivity index (χ0) is 18.6. The van der Waals surface area contributed by atoms with E-state index in [1.54, 1.807) is 37.3 Å². The van der Waals surface area contributed by atoms with E-state index in [9.17, 15) is 19.5 Å². The molecule has 0 aromatic heterocycles. The minimum absolute atomic E-state index is 0.0231. The molecule has 1 aliphatic heterocycles. The zero-order valence-corrected chi connectivity index (χ0v) is 14.3. The number of carboxylic acid groups (broad SMARTS) is 1. The van der Waals surface area contributed by atoms with E-state index in [1.165, 1.54) is 12.1 Å². The molecule has 1 aliphatic rings. The molecule has 25 heavy (non-hydrogen) atoms. The monoisotopic (exact) mass is 340 g/mol. The van der Waals surface area contributed by atoms with Crippen LogP contribution in [0.1, 0.15) is 42.3 Å². The van der Waals surface area contributed by atoms with E-state index in [1.807, 2.05) is 13.8 Å². The average Bonchev–Trinajstić information content (AvgIpc) is 2.88. The van der Waals surface area contributed by atoms with Gasteiger partial charge in [0, 0.05) is 5.56 Å². The van der Waals surface area contributed by atoms with Gasteiger partial charge in [-0.05, 0) is 36.6 Å². The Balaban J connectivity index is 2.44. The van der Waals surface area contributed by atoms with E-state index < -0.39 is 11.5 Å². The fourth-order valence-corrected chi connectivity index (χ4v) is 2.39. The van der Waals surface area contributed by atoms with Gasteiger partial charge in [0.15, 0.2) is 0 Å². The van der Waals surface area contributed by atoms with E-state index in [2.05, 4.69) is 10.3 Å². The lowest BCUT2D eigenvalue weighted by Gasteiger charge is -2.21. The number of carbonyl (C=O) groups excluding carboxylic acids is 2. The van der Waals surface area contributed by atoms with Crippen LogP contribution in [-0.2, 0) is 9.59 Å². The first-order chi connectivity index (χ1) is 11.8. The van der Waals surface area contributed by atoms with Crippen LogP contribution in [0.2, 0.25) is 0 Å². The number of nitrogens with zero attached hydrogens (tertiary/aromatic N) is 1. The van der Waals surface area contributed by atoms with Crippen LogP contribution in [0.15, 0.2) is 41.4 Å². The quantitative estimate of drug-likeness (QED) is 0.472. The molecular formula is C19H20N2O4. The third-order valence-electron chi connectivity index (χ3n) is 4.28. The van der Waals surface area contributed by atoms with Gasteiger partial charge in [0.25, 0.3) is 5.91 Å². The summed E-state index contributed by atoms with van der Waals surface area (Å²) >= 11 is 0. The number of allylic oxidation sites excluding steroid dienone is 3. The summed E-state index contributed by atoms with van der Waals surface area (Å²) in [6, 6.07) is 4.85. The molecule has 2 rings (SSSR count). The van der Waals surface area contributed by atoms with Crippen LogP contribution in [0.5, 0.6) is 0 Å². The largest absolute Gasteiger partial charge is 0.478 e. The normalized spacial score (nSPS) is 20.3. The molecule has 2 N–H and O–H groups in total. The first-order valence-corrected chi connectivity index (χ1v) is 7.87. The molecule has 1 heterocycles. The number of aliphatic imine (C=N–C) groups is 1. The van der Waals surface area contributed by atoms with Gasteiger partial charge in [0.1, 0.15) is 17.7 Å². The van der Waals surface area contributed by atoms with Crippen molar-refractivity contribution in [3.63, 3.8) is 0 Å². The van der Waals surface area contributed by atoms with Crippen molar-refractivity contribution in [3.8, 4) is 0 Å². The van der Waals surface area contributed by atoms with Crippen molar-refractivity contribution in [1.82, 2.24) is 5.32 Å². The number of nitrogens with one attached hydrogen (secondary N) is 1. The van der Waals surface area contributed by atoms with E-state index in [-0.39, 0.29) is 23.2 Å². The van der Waals surface area contributed by atoms with E-state index in [0.29, 0.717) is 17.4 Å². The van der Waals surface area contributed by atoms with E-state index in [4.69, 9.17) is 0 Å². The summed E-state index contributed by atoms with van der Waals surface area (Å²) in [6.45, 7) is 5.52. The maximum Gasteiger partial charge on any atom is 0.336 e. The van der Waals surface area contributed by atoms with Gasteiger partial charge in [-0.15, -0.1) is 0 Å². The molecule has 0 fully saturated rings. The number of hydrogen-bond acceptors (Lipinski definition) is 4. The van der Waals surface area contributed by atoms with E-state index >= 15 is 0 Å². The van der Waals surface area contributed by atoms with Crippen LogP contribution >= 0.6 is 0 Å². The highest BCUT2D eigenvalue weighted by Gasteiger charge is 2.42. The molecule has 130 valence electrons. The molecule has 6 nitrogen and oxygen atoms in total. The molecule has 1 atom stereocenters. The van der Waals surface area contributed by atoms with E-state index in [0.717, 1.165) is 0 Å². The molecule has 0 saturated heterocycles. The molecule has 1 amide bonds. The summed E-state index contributed by atoms with van der Waals surface area (Å²) in [5, 5.41) is 12.2. The zero-order valence-electron chi connectivity index (χ0n) is 14.3. The van der Waals surface area contributed by atoms with Crippen LogP contribution < -0.4 is 5.32 Å². The number of amidine groups is 1. The number of aromatic carboxylic acids is 1. The minimum Gasteiger partial charge on any atom is -0.478 e. The highest BCUT2D eigenvalue weighted by molar-refractivity contribution is 6.18. The smallest absolute Gasteiger partial charge is 0.336 e. The lowest BCUT2D eigenvalue weighted by atomic mass is 9.89. The van der Waals surface area contributed by atoms with Crippen molar-refractivity contribution < 1.29 is 19.5 Å². The Morgan fingerprint density at radius 3 is 2.56 bits per heavy atom. The topological polar surface area (TPSA) is 95.8 Å². The van der Waals surface area contributed by atoms with Crippen LogP contribution in [0, 0.1) is 5.92 Å². The first-order valence-electron chi connectivity index (χ1n) is 7.87. The summed E-state index contributed by atoms with van der Waals surface area (Å²) in [5.74, 6) is -1.10. The predicted molar refractivity (Wildman–Crippen MR) is 95.6 cm³/mol. The molecule has 6 heteroatoms. The molecule has 0 radical (unpaired) electrons. The van der Waals surface area contributed by atoms with Crippen molar-refractivity contribution in [3.05, 3.63) is 53.1 Å². The Labute approximate surface area is 146 Å². The second kappa shape index (κ2) is 7.25. The van der Waals surface area contributed by atoms with Crippen LogP contribution in [0.4, 0.5) is 0 Å². The minimum atomic E-state index is -1.11. The Hall–Kier alpha value is -3.02. The number of carboxylic acids is 1. The molecule has 1 unspecified atom stereocenters. The molecule has 0 bridgehead atoms. The lowest BCUT2D eigenvalue weighted by molar-refractivity contribution is -0.124. The molecule has 0 spiro atoms. The Morgan fingerprint density at radius 2 is 2.00 bits per heavy atom. The van der Waals surface area contributed by atoms with Gasteiger partial charge in [0.05, 0.1) is 5.56 Å². The van der Waals surface area contributed by atoms with Gasteiger partial charge < -0.3 is 10.4 Å². The van der Waals surface area contributed by atoms with Gasteiger partial charge >= 0.3 is 5.97 Å². The average molecular weight is 340 g/mol.